The van der Waals surface area contributed by atoms with E-state index in [-0.39, 0.29) is 23.7 Å². The van der Waals surface area contributed by atoms with Crippen molar-refractivity contribution >= 4 is 5.69 Å². The Morgan fingerprint density at radius 2 is 2.04 bits per heavy atom. The molecule has 0 bridgehead atoms. The number of benzene rings is 2. The Labute approximate surface area is 135 Å². The van der Waals surface area contributed by atoms with Gasteiger partial charge in [0.15, 0.2) is 11.5 Å². The Balaban J connectivity index is 1.91. The van der Waals surface area contributed by atoms with Crippen molar-refractivity contribution in [3.8, 4) is 17.2 Å². The number of hydrogen-bond donors (Lipinski definition) is 0. The zero-order valence-electron chi connectivity index (χ0n) is 12.7. The van der Waals surface area contributed by atoms with Crippen LogP contribution in [0.15, 0.2) is 24.3 Å². The van der Waals surface area contributed by atoms with Gasteiger partial charge in [-0.15, -0.1) is 0 Å². The zero-order chi connectivity index (χ0) is 17.3. The molecule has 1 heterocycles. The smallest absolute Gasteiger partial charge is 0.308 e. The van der Waals surface area contributed by atoms with E-state index in [9.17, 15) is 18.9 Å². The molecule has 0 unspecified atom stereocenters. The minimum atomic E-state index is -1.04. The molecule has 0 saturated carbocycles. The summed E-state index contributed by atoms with van der Waals surface area (Å²) in [5, 5.41) is 10.8. The molecule has 1 aliphatic heterocycles. The Morgan fingerprint density at radius 1 is 1.25 bits per heavy atom. The van der Waals surface area contributed by atoms with E-state index in [0.29, 0.717) is 18.8 Å². The van der Waals surface area contributed by atoms with E-state index in [4.69, 9.17) is 14.2 Å². The molecule has 126 valence electrons. The monoisotopic (exact) mass is 337 g/mol. The summed E-state index contributed by atoms with van der Waals surface area (Å²) >= 11 is 0. The molecule has 1 aliphatic rings. The summed E-state index contributed by atoms with van der Waals surface area (Å²) in [6.07, 6.45) is 0.675. The summed E-state index contributed by atoms with van der Waals surface area (Å²) in [6, 6.07) is 4.73. The van der Waals surface area contributed by atoms with E-state index in [0.717, 1.165) is 17.7 Å². The van der Waals surface area contributed by atoms with Gasteiger partial charge in [-0.3, -0.25) is 10.1 Å². The Hall–Kier alpha value is -2.90. The summed E-state index contributed by atoms with van der Waals surface area (Å²) in [5.41, 5.74) is 0.326. The molecule has 0 amide bonds. The SMILES string of the molecule is COc1cc(F)c([N+](=O)[O-])cc1OCc1c(F)ccc2c1OCC2. The van der Waals surface area contributed by atoms with Crippen LogP contribution in [-0.2, 0) is 13.0 Å². The van der Waals surface area contributed by atoms with Gasteiger partial charge in [0.1, 0.15) is 18.2 Å². The normalized spacial score (nSPS) is 12.5. The van der Waals surface area contributed by atoms with Crippen molar-refractivity contribution in [3.05, 3.63) is 57.1 Å². The molecule has 0 saturated heterocycles. The van der Waals surface area contributed by atoms with Crippen LogP contribution in [0.2, 0.25) is 0 Å². The average Bonchev–Trinajstić information content (AvgIpc) is 3.02. The first-order valence-corrected chi connectivity index (χ1v) is 7.09. The minimum Gasteiger partial charge on any atom is -0.493 e. The third kappa shape index (κ3) is 2.82. The minimum absolute atomic E-state index is 0.0213. The van der Waals surface area contributed by atoms with E-state index in [1.54, 1.807) is 6.07 Å². The number of nitro groups is 1. The fourth-order valence-corrected chi connectivity index (χ4v) is 2.51. The molecule has 8 heteroatoms. The second kappa shape index (κ2) is 6.31. The fourth-order valence-electron chi connectivity index (χ4n) is 2.51. The molecule has 2 aromatic carbocycles. The summed E-state index contributed by atoms with van der Waals surface area (Å²) in [6.45, 7) is 0.227. The Kier molecular flexibility index (Phi) is 4.20. The van der Waals surface area contributed by atoms with Crippen LogP contribution in [0.3, 0.4) is 0 Å². The fraction of sp³-hybridized carbons (Fsp3) is 0.250. The summed E-state index contributed by atoms with van der Waals surface area (Å²) in [7, 11) is 1.28. The quantitative estimate of drug-likeness (QED) is 0.618. The van der Waals surface area contributed by atoms with Gasteiger partial charge in [-0.1, -0.05) is 6.07 Å². The molecular formula is C16H13F2NO5. The van der Waals surface area contributed by atoms with Crippen LogP contribution in [0, 0.1) is 21.7 Å². The number of nitrogens with zero attached hydrogens (tertiary/aromatic N) is 1. The van der Waals surface area contributed by atoms with Crippen molar-refractivity contribution in [3.63, 3.8) is 0 Å². The molecule has 0 atom stereocenters. The lowest BCUT2D eigenvalue weighted by atomic mass is 10.1. The highest BCUT2D eigenvalue weighted by atomic mass is 19.1. The molecule has 0 aromatic heterocycles. The van der Waals surface area contributed by atoms with Crippen LogP contribution in [0.1, 0.15) is 11.1 Å². The van der Waals surface area contributed by atoms with Crippen molar-refractivity contribution in [1.82, 2.24) is 0 Å². The summed E-state index contributed by atoms with van der Waals surface area (Å²) in [5.74, 6) is -1.20. The number of ether oxygens (including phenoxy) is 3. The number of rotatable bonds is 5. The van der Waals surface area contributed by atoms with Crippen molar-refractivity contribution in [1.29, 1.82) is 0 Å². The lowest BCUT2D eigenvalue weighted by molar-refractivity contribution is -0.387. The third-order valence-corrected chi connectivity index (χ3v) is 3.70. The number of halogens is 2. The predicted molar refractivity (Wildman–Crippen MR) is 79.5 cm³/mol. The van der Waals surface area contributed by atoms with Crippen LogP contribution >= 0.6 is 0 Å². The molecule has 0 N–H and O–H groups in total. The van der Waals surface area contributed by atoms with Gasteiger partial charge in [0.25, 0.3) is 0 Å². The molecule has 0 aliphatic carbocycles. The van der Waals surface area contributed by atoms with E-state index in [2.05, 4.69) is 0 Å². The molecule has 6 nitrogen and oxygen atoms in total. The molecule has 0 radical (unpaired) electrons. The maximum Gasteiger partial charge on any atom is 0.308 e. The van der Waals surface area contributed by atoms with Crippen LogP contribution in [0.4, 0.5) is 14.5 Å². The maximum atomic E-state index is 14.0. The molecule has 0 fully saturated rings. The Bertz CT molecular complexity index is 810. The summed E-state index contributed by atoms with van der Waals surface area (Å²) < 4.78 is 43.5. The van der Waals surface area contributed by atoms with Crippen molar-refractivity contribution in [2.45, 2.75) is 13.0 Å². The molecule has 0 spiro atoms. The number of methoxy groups -OCH3 is 1. The van der Waals surface area contributed by atoms with E-state index in [1.807, 2.05) is 0 Å². The van der Waals surface area contributed by atoms with Crippen LogP contribution in [0.5, 0.6) is 17.2 Å². The number of hydrogen-bond acceptors (Lipinski definition) is 5. The zero-order valence-corrected chi connectivity index (χ0v) is 12.7. The van der Waals surface area contributed by atoms with Gasteiger partial charge in [0.2, 0.25) is 5.82 Å². The van der Waals surface area contributed by atoms with E-state index >= 15 is 0 Å². The first-order chi connectivity index (χ1) is 11.5. The molecule has 3 rings (SSSR count). The maximum absolute atomic E-state index is 14.0. The number of fused-ring (bicyclic) bond motifs is 1. The topological polar surface area (TPSA) is 70.8 Å². The Morgan fingerprint density at radius 3 is 2.75 bits per heavy atom. The van der Waals surface area contributed by atoms with Gasteiger partial charge < -0.3 is 14.2 Å². The van der Waals surface area contributed by atoms with Gasteiger partial charge in [-0.05, 0) is 11.6 Å². The highest BCUT2D eigenvalue weighted by molar-refractivity contribution is 5.50. The van der Waals surface area contributed by atoms with Crippen LogP contribution < -0.4 is 14.2 Å². The highest BCUT2D eigenvalue weighted by Gasteiger charge is 2.23. The molecule has 24 heavy (non-hydrogen) atoms. The largest absolute Gasteiger partial charge is 0.493 e. The van der Waals surface area contributed by atoms with Crippen molar-refractivity contribution < 1.29 is 27.9 Å². The second-order valence-electron chi connectivity index (χ2n) is 5.11. The number of nitro benzene ring substituents is 1. The van der Waals surface area contributed by atoms with Crippen LogP contribution in [0.25, 0.3) is 0 Å². The third-order valence-electron chi connectivity index (χ3n) is 3.70. The van der Waals surface area contributed by atoms with Gasteiger partial charge in [0, 0.05) is 12.5 Å². The van der Waals surface area contributed by atoms with Gasteiger partial charge in [-0.25, -0.2) is 4.39 Å². The van der Waals surface area contributed by atoms with Crippen molar-refractivity contribution in [2.24, 2.45) is 0 Å². The van der Waals surface area contributed by atoms with Crippen LogP contribution in [-0.4, -0.2) is 18.6 Å². The standard InChI is InChI=1S/C16H13F2NO5/c1-22-14-6-12(18)13(19(20)21)7-15(14)24-8-10-11(17)3-2-9-4-5-23-16(9)10/h2-3,6-7H,4-5,8H2,1H3. The van der Waals surface area contributed by atoms with Gasteiger partial charge in [-0.2, -0.15) is 4.39 Å². The first kappa shape index (κ1) is 16.0. The van der Waals surface area contributed by atoms with E-state index < -0.39 is 22.2 Å². The van der Waals surface area contributed by atoms with Gasteiger partial charge >= 0.3 is 5.69 Å². The first-order valence-electron chi connectivity index (χ1n) is 7.09. The predicted octanol–water partition coefficient (Wildman–Crippen LogP) is 3.40. The highest BCUT2D eigenvalue weighted by Crippen LogP contribution is 2.36. The van der Waals surface area contributed by atoms with E-state index in [1.165, 1.54) is 13.2 Å². The molecule has 2 aromatic rings. The second-order valence-corrected chi connectivity index (χ2v) is 5.11. The van der Waals surface area contributed by atoms with Crippen molar-refractivity contribution in [2.75, 3.05) is 13.7 Å². The average molecular weight is 337 g/mol. The lowest BCUT2D eigenvalue weighted by Crippen LogP contribution is -2.04. The summed E-state index contributed by atoms with van der Waals surface area (Å²) in [4.78, 5) is 9.98. The molecular weight excluding hydrogens is 324 g/mol. The lowest BCUT2D eigenvalue weighted by Gasteiger charge is -2.13. The van der Waals surface area contributed by atoms with Gasteiger partial charge in [0.05, 0.1) is 30.3 Å².